The highest BCUT2D eigenvalue weighted by atomic mass is 79.9. The predicted molar refractivity (Wildman–Crippen MR) is 118 cm³/mol. The number of halogens is 1. The SMILES string of the molecule is C[C@H]1Cc2cc(S(=O)(=O)Nc3cccc(Br)c3)ccc2N1C(=O)c1ccccc1. The molecule has 7 heteroatoms. The minimum atomic E-state index is -3.73. The Hall–Kier alpha value is -2.64. The van der Waals surface area contributed by atoms with E-state index in [2.05, 4.69) is 20.7 Å². The molecule has 3 aromatic carbocycles. The summed E-state index contributed by atoms with van der Waals surface area (Å²) in [5.74, 6) is -0.0836. The molecule has 0 saturated heterocycles. The van der Waals surface area contributed by atoms with Gasteiger partial charge in [-0.05, 0) is 67.4 Å². The lowest BCUT2D eigenvalue weighted by Gasteiger charge is -2.23. The first-order valence-corrected chi connectivity index (χ1v) is 11.4. The molecule has 0 saturated carbocycles. The first-order chi connectivity index (χ1) is 13.8. The molecule has 0 bridgehead atoms. The molecule has 0 spiro atoms. The number of carbonyl (C=O) groups excluding carboxylic acids is 1. The first-order valence-electron chi connectivity index (χ1n) is 9.15. The monoisotopic (exact) mass is 470 g/mol. The van der Waals surface area contributed by atoms with Gasteiger partial charge in [-0.25, -0.2) is 8.42 Å². The molecular weight excluding hydrogens is 452 g/mol. The van der Waals surface area contributed by atoms with Gasteiger partial charge in [-0.3, -0.25) is 9.52 Å². The topological polar surface area (TPSA) is 66.5 Å². The number of hydrogen-bond donors (Lipinski definition) is 1. The van der Waals surface area contributed by atoms with Crippen LogP contribution in [0.15, 0.2) is 82.2 Å². The molecule has 3 aromatic rings. The van der Waals surface area contributed by atoms with Crippen molar-refractivity contribution in [1.29, 1.82) is 0 Å². The van der Waals surface area contributed by atoms with Crippen LogP contribution in [0.3, 0.4) is 0 Å². The lowest BCUT2D eigenvalue weighted by Crippen LogP contribution is -2.35. The fourth-order valence-electron chi connectivity index (χ4n) is 3.57. The van der Waals surface area contributed by atoms with E-state index >= 15 is 0 Å². The largest absolute Gasteiger partial charge is 0.305 e. The standard InChI is InChI=1S/C22H19BrN2O3S/c1-15-12-17-13-20(29(27,28)24-19-9-5-8-18(23)14-19)10-11-21(17)25(15)22(26)16-6-3-2-4-7-16/h2-11,13-15,24H,12H2,1H3/t15-/m0/s1. The van der Waals surface area contributed by atoms with E-state index in [1.165, 1.54) is 0 Å². The lowest BCUT2D eigenvalue weighted by atomic mass is 10.1. The summed E-state index contributed by atoms with van der Waals surface area (Å²) in [7, 11) is -3.73. The van der Waals surface area contributed by atoms with Crippen molar-refractivity contribution >= 4 is 43.2 Å². The Morgan fingerprint density at radius 1 is 1.03 bits per heavy atom. The minimum Gasteiger partial charge on any atom is -0.305 e. The first kappa shape index (κ1) is 19.7. The van der Waals surface area contributed by atoms with E-state index in [0.717, 1.165) is 15.7 Å². The van der Waals surface area contributed by atoms with Crippen LogP contribution in [0.25, 0.3) is 0 Å². The zero-order valence-corrected chi connectivity index (χ0v) is 18.1. The van der Waals surface area contributed by atoms with E-state index < -0.39 is 10.0 Å². The van der Waals surface area contributed by atoms with Crippen molar-refractivity contribution in [3.8, 4) is 0 Å². The number of fused-ring (bicyclic) bond motifs is 1. The molecule has 1 N–H and O–H groups in total. The van der Waals surface area contributed by atoms with E-state index in [0.29, 0.717) is 17.7 Å². The Kier molecular flexibility index (Phi) is 5.19. The Balaban J connectivity index is 1.64. The van der Waals surface area contributed by atoms with Gasteiger partial charge in [0.1, 0.15) is 0 Å². The number of anilines is 2. The number of sulfonamides is 1. The van der Waals surface area contributed by atoms with Crippen molar-refractivity contribution < 1.29 is 13.2 Å². The smallest absolute Gasteiger partial charge is 0.261 e. The van der Waals surface area contributed by atoms with Crippen LogP contribution in [-0.4, -0.2) is 20.4 Å². The van der Waals surface area contributed by atoms with Crippen LogP contribution in [0.4, 0.5) is 11.4 Å². The van der Waals surface area contributed by atoms with Gasteiger partial charge in [-0.1, -0.05) is 40.2 Å². The zero-order chi connectivity index (χ0) is 20.6. The molecule has 0 radical (unpaired) electrons. The average molecular weight is 471 g/mol. The average Bonchev–Trinajstić information content (AvgIpc) is 3.02. The maximum Gasteiger partial charge on any atom is 0.261 e. The van der Waals surface area contributed by atoms with Gasteiger partial charge in [0.15, 0.2) is 0 Å². The van der Waals surface area contributed by atoms with Crippen molar-refractivity contribution in [2.24, 2.45) is 0 Å². The Morgan fingerprint density at radius 2 is 1.79 bits per heavy atom. The second-order valence-electron chi connectivity index (χ2n) is 7.00. The number of rotatable bonds is 4. The Bertz CT molecular complexity index is 1180. The third kappa shape index (κ3) is 3.93. The summed E-state index contributed by atoms with van der Waals surface area (Å²) in [6, 6.07) is 21.0. The van der Waals surface area contributed by atoms with Gasteiger partial charge in [-0.15, -0.1) is 0 Å². The third-order valence-electron chi connectivity index (χ3n) is 4.89. The molecule has 148 valence electrons. The second-order valence-corrected chi connectivity index (χ2v) is 9.60. The third-order valence-corrected chi connectivity index (χ3v) is 6.77. The molecule has 1 aliphatic heterocycles. The van der Waals surface area contributed by atoms with Gasteiger partial charge in [0.05, 0.1) is 4.90 Å². The highest BCUT2D eigenvalue weighted by Gasteiger charge is 2.32. The molecule has 0 aromatic heterocycles. The highest BCUT2D eigenvalue weighted by Crippen LogP contribution is 2.35. The van der Waals surface area contributed by atoms with Crippen molar-refractivity contribution in [1.82, 2.24) is 0 Å². The summed E-state index contributed by atoms with van der Waals surface area (Å²) in [6.45, 7) is 1.97. The van der Waals surface area contributed by atoms with Gasteiger partial charge in [-0.2, -0.15) is 0 Å². The maximum absolute atomic E-state index is 13.0. The molecule has 1 amide bonds. The molecule has 0 unspecified atom stereocenters. The summed E-state index contributed by atoms with van der Waals surface area (Å²) in [5.41, 5.74) is 2.70. The molecule has 0 fully saturated rings. The van der Waals surface area contributed by atoms with Gasteiger partial charge in [0.25, 0.3) is 15.9 Å². The molecule has 29 heavy (non-hydrogen) atoms. The number of hydrogen-bond acceptors (Lipinski definition) is 3. The van der Waals surface area contributed by atoms with Gasteiger partial charge >= 0.3 is 0 Å². The van der Waals surface area contributed by atoms with Crippen molar-refractivity contribution in [3.05, 3.63) is 88.4 Å². The summed E-state index contributed by atoms with van der Waals surface area (Å²) in [5, 5.41) is 0. The summed E-state index contributed by atoms with van der Waals surface area (Å²) in [4.78, 5) is 14.9. The van der Waals surface area contributed by atoms with E-state index in [1.54, 1.807) is 53.4 Å². The normalized spacial score (nSPS) is 15.8. The zero-order valence-electron chi connectivity index (χ0n) is 15.7. The number of nitrogens with one attached hydrogen (secondary N) is 1. The van der Waals surface area contributed by atoms with Gasteiger partial charge < -0.3 is 4.90 Å². The molecule has 4 rings (SSSR count). The van der Waals surface area contributed by atoms with Crippen LogP contribution < -0.4 is 9.62 Å². The summed E-state index contributed by atoms with van der Waals surface area (Å²) < 4.78 is 29.0. The van der Waals surface area contributed by atoms with Crippen LogP contribution in [0, 0.1) is 0 Å². The van der Waals surface area contributed by atoms with Crippen LogP contribution >= 0.6 is 15.9 Å². The Labute approximate surface area is 178 Å². The number of carbonyl (C=O) groups is 1. The van der Waals surface area contributed by atoms with E-state index in [1.807, 2.05) is 31.2 Å². The van der Waals surface area contributed by atoms with E-state index in [-0.39, 0.29) is 16.8 Å². The van der Waals surface area contributed by atoms with Crippen molar-refractivity contribution in [2.75, 3.05) is 9.62 Å². The Morgan fingerprint density at radius 3 is 2.52 bits per heavy atom. The maximum atomic E-state index is 13.0. The molecule has 1 atom stereocenters. The predicted octanol–water partition coefficient (Wildman–Crippen LogP) is 4.84. The minimum absolute atomic E-state index is 0.0475. The summed E-state index contributed by atoms with van der Waals surface area (Å²) >= 11 is 3.34. The second kappa shape index (κ2) is 7.65. The lowest BCUT2D eigenvalue weighted by molar-refractivity contribution is 0.0981. The quantitative estimate of drug-likeness (QED) is 0.592. The highest BCUT2D eigenvalue weighted by molar-refractivity contribution is 9.10. The molecule has 0 aliphatic carbocycles. The van der Waals surface area contributed by atoms with E-state index in [9.17, 15) is 13.2 Å². The van der Waals surface area contributed by atoms with Gasteiger partial charge in [0.2, 0.25) is 0 Å². The van der Waals surface area contributed by atoms with Gasteiger partial charge in [0, 0.05) is 27.5 Å². The van der Waals surface area contributed by atoms with Crippen LogP contribution in [-0.2, 0) is 16.4 Å². The molecule has 1 aliphatic rings. The summed E-state index contributed by atoms with van der Waals surface area (Å²) in [6.07, 6.45) is 0.605. The van der Waals surface area contributed by atoms with Crippen molar-refractivity contribution in [3.63, 3.8) is 0 Å². The number of amides is 1. The fraction of sp³-hybridized carbons (Fsp3) is 0.136. The number of benzene rings is 3. The van der Waals surface area contributed by atoms with Crippen molar-refractivity contribution in [2.45, 2.75) is 24.3 Å². The van der Waals surface area contributed by atoms with Crippen LogP contribution in [0.5, 0.6) is 0 Å². The molecule has 5 nitrogen and oxygen atoms in total. The van der Waals surface area contributed by atoms with E-state index in [4.69, 9.17) is 0 Å². The number of nitrogens with zero attached hydrogens (tertiary/aromatic N) is 1. The van der Waals surface area contributed by atoms with Crippen LogP contribution in [0.1, 0.15) is 22.8 Å². The van der Waals surface area contributed by atoms with Crippen LogP contribution in [0.2, 0.25) is 0 Å². The molecule has 1 heterocycles. The fourth-order valence-corrected chi connectivity index (χ4v) is 5.07. The molecular formula is C22H19BrN2O3S.